The molecule has 1 aliphatic heterocycles. The molecule has 4 nitrogen and oxygen atoms in total. The zero-order chi connectivity index (χ0) is 13.4. The third-order valence-electron chi connectivity index (χ3n) is 3.67. The molecule has 0 amide bonds. The second kappa shape index (κ2) is 8.48. The van der Waals surface area contributed by atoms with Crippen molar-refractivity contribution in [2.45, 2.75) is 64.5 Å². The normalized spacial score (nSPS) is 23.6. The van der Waals surface area contributed by atoms with Crippen molar-refractivity contribution >= 4 is 5.97 Å². The van der Waals surface area contributed by atoms with Gasteiger partial charge in [-0.25, -0.2) is 0 Å². The standard InChI is InChI=1S/C14H28N2O2/c1-3-6-13(14(17)18)15-12-7-5-10-16(9-4-2)11-8-12/h12-13,15H,3-11H2,1-2H3,(H,17,18). The van der Waals surface area contributed by atoms with Crippen LogP contribution in [0.15, 0.2) is 0 Å². The van der Waals surface area contributed by atoms with Crippen LogP contribution in [0.4, 0.5) is 0 Å². The highest BCUT2D eigenvalue weighted by molar-refractivity contribution is 5.73. The lowest BCUT2D eigenvalue weighted by Crippen LogP contribution is -2.43. The molecule has 0 spiro atoms. The quantitative estimate of drug-likeness (QED) is 0.732. The second-order valence-electron chi connectivity index (χ2n) is 5.32. The summed E-state index contributed by atoms with van der Waals surface area (Å²) in [5.74, 6) is -0.702. The van der Waals surface area contributed by atoms with E-state index >= 15 is 0 Å². The van der Waals surface area contributed by atoms with Crippen molar-refractivity contribution in [1.82, 2.24) is 10.2 Å². The van der Waals surface area contributed by atoms with Crippen LogP contribution in [0.1, 0.15) is 52.4 Å². The Kier molecular flexibility index (Phi) is 7.28. The number of rotatable bonds is 7. The van der Waals surface area contributed by atoms with E-state index in [1.54, 1.807) is 0 Å². The summed E-state index contributed by atoms with van der Waals surface area (Å²) in [5.41, 5.74) is 0. The van der Waals surface area contributed by atoms with Crippen molar-refractivity contribution in [2.75, 3.05) is 19.6 Å². The summed E-state index contributed by atoms with van der Waals surface area (Å²) in [6.07, 6.45) is 6.20. The lowest BCUT2D eigenvalue weighted by atomic mass is 10.1. The fourth-order valence-electron chi connectivity index (χ4n) is 2.71. The lowest BCUT2D eigenvalue weighted by molar-refractivity contribution is -0.139. The molecular formula is C14H28N2O2. The highest BCUT2D eigenvalue weighted by atomic mass is 16.4. The first kappa shape index (κ1) is 15.4. The Morgan fingerprint density at radius 3 is 2.72 bits per heavy atom. The van der Waals surface area contributed by atoms with Crippen LogP contribution < -0.4 is 5.32 Å². The molecule has 1 aliphatic rings. The first-order valence-electron chi connectivity index (χ1n) is 7.38. The van der Waals surface area contributed by atoms with E-state index in [9.17, 15) is 4.79 Å². The van der Waals surface area contributed by atoms with E-state index in [0.717, 1.165) is 38.8 Å². The van der Waals surface area contributed by atoms with Crippen LogP contribution in [0.5, 0.6) is 0 Å². The van der Waals surface area contributed by atoms with Gasteiger partial charge in [0.25, 0.3) is 0 Å². The van der Waals surface area contributed by atoms with Crippen molar-refractivity contribution < 1.29 is 9.90 Å². The predicted octanol–water partition coefficient (Wildman–Crippen LogP) is 2.09. The van der Waals surface area contributed by atoms with E-state index < -0.39 is 5.97 Å². The number of likely N-dealkylation sites (tertiary alicyclic amines) is 1. The van der Waals surface area contributed by atoms with Crippen LogP contribution in [-0.2, 0) is 4.79 Å². The number of hydrogen-bond donors (Lipinski definition) is 2. The SMILES string of the molecule is CCCC(NC1CCCN(CCC)CC1)C(=O)O. The molecule has 1 rings (SSSR count). The largest absolute Gasteiger partial charge is 0.480 e. The van der Waals surface area contributed by atoms with Gasteiger partial charge < -0.3 is 15.3 Å². The zero-order valence-electron chi connectivity index (χ0n) is 11.8. The van der Waals surface area contributed by atoms with Crippen molar-refractivity contribution in [3.8, 4) is 0 Å². The van der Waals surface area contributed by atoms with E-state index in [-0.39, 0.29) is 6.04 Å². The van der Waals surface area contributed by atoms with Gasteiger partial charge in [0.15, 0.2) is 0 Å². The van der Waals surface area contributed by atoms with Crippen LogP contribution in [0.3, 0.4) is 0 Å². The Hall–Kier alpha value is -0.610. The fourth-order valence-corrected chi connectivity index (χ4v) is 2.71. The Balaban J connectivity index is 2.39. The third kappa shape index (κ3) is 5.36. The maximum Gasteiger partial charge on any atom is 0.320 e. The van der Waals surface area contributed by atoms with Crippen LogP contribution in [0.2, 0.25) is 0 Å². The average molecular weight is 256 g/mol. The molecule has 2 atom stereocenters. The molecule has 2 N–H and O–H groups in total. The van der Waals surface area contributed by atoms with E-state index in [2.05, 4.69) is 17.1 Å². The van der Waals surface area contributed by atoms with Gasteiger partial charge in [0.2, 0.25) is 0 Å². The summed E-state index contributed by atoms with van der Waals surface area (Å²) < 4.78 is 0. The van der Waals surface area contributed by atoms with E-state index in [0.29, 0.717) is 6.04 Å². The minimum atomic E-state index is -0.702. The monoisotopic (exact) mass is 256 g/mol. The summed E-state index contributed by atoms with van der Waals surface area (Å²) in [5, 5.41) is 12.5. The molecule has 0 saturated carbocycles. The molecule has 0 aromatic heterocycles. The van der Waals surface area contributed by atoms with Gasteiger partial charge in [0.1, 0.15) is 6.04 Å². The number of carbonyl (C=O) groups is 1. The molecule has 1 saturated heterocycles. The summed E-state index contributed by atoms with van der Waals surface area (Å²) in [6, 6.07) is 0.0113. The number of nitrogens with zero attached hydrogens (tertiary/aromatic N) is 1. The van der Waals surface area contributed by atoms with Gasteiger partial charge in [-0.3, -0.25) is 4.79 Å². The highest BCUT2D eigenvalue weighted by Crippen LogP contribution is 2.13. The van der Waals surface area contributed by atoms with Gasteiger partial charge in [-0.1, -0.05) is 20.3 Å². The Morgan fingerprint density at radius 1 is 1.33 bits per heavy atom. The highest BCUT2D eigenvalue weighted by Gasteiger charge is 2.22. The van der Waals surface area contributed by atoms with Crippen molar-refractivity contribution in [1.29, 1.82) is 0 Å². The first-order valence-corrected chi connectivity index (χ1v) is 7.38. The molecule has 106 valence electrons. The van der Waals surface area contributed by atoms with E-state index in [1.165, 1.54) is 19.4 Å². The average Bonchev–Trinajstić information content (AvgIpc) is 2.55. The third-order valence-corrected chi connectivity index (χ3v) is 3.67. The van der Waals surface area contributed by atoms with Gasteiger partial charge in [0, 0.05) is 6.04 Å². The Morgan fingerprint density at radius 2 is 2.11 bits per heavy atom. The maximum atomic E-state index is 11.1. The van der Waals surface area contributed by atoms with Crippen molar-refractivity contribution in [3.05, 3.63) is 0 Å². The first-order chi connectivity index (χ1) is 8.67. The summed E-state index contributed by atoms with van der Waals surface area (Å²) in [6.45, 7) is 7.68. The molecule has 4 heteroatoms. The summed E-state index contributed by atoms with van der Waals surface area (Å²) in [7, 11) is 0. The molecule has 0 bridgehead atoms. The minimum absolute atomic E-state index is 0.363. The van der Waals surface area contributed by atoms with Crippen LogP contribution in [0, 0.1) is 0 Å². The molecule has 1 fully saturated rings. The van der Waals surface area contributed by atoms with Crippen LogP contribution in [0.25, 0.3) is 0 Å². The van der Waals surface area contributed by atoms with Crippen LogP contribution >= 0.6 is 0 Å². The number of carboxylic acid groups (broad SMARTS) is 1. The summed E-state index contributed by atoms with van der Waals surface area (Å²) in [4.78, 5) is 13.6. The molecule has 2 unspecified atom stereocenters. The van der Waals surface area contributed by atoms with Gasteiger partial charge in [0.05, 0.1) is 0 Å². The second-order valence-corrected chi connectivity index (χ2v) is 5.32. The molecule has 1 heterocycles. The Labute approximate surface area is 111 Å². The Bertz CT molecular complexity index is 246. The fraction of sp³-hybridized carbons (Fsp3) is 0.929. The van der Waals surface area contributed by atoms with Gasteiger partial charge in [-0.05, 0) is 51.7 Å². The summed E-state index contributed by atoms with van der Waals surface area (Å²) >= 11 is 0. The number of aliphatic carboxylic acids is 1. The maximum absolute atomic E-state index is 11.1. The van der Waals surface area contributed by atoms with Gasteiger partial charge in [-0.15, -0.1) is 0 Å². The van der Waals surface area contributed by atoms with E-state index in [1.807, 2.05) is 6.92 Å². The van der Waals surface area contributed by atoms with E-state index in [4.69, 9.17) is 5.11 Å². The molecular weight excluding hydrogens is 228 g/mol. The van der Waals surface area contributed by atoms with Crippen molar-refractivity contribution in [3.63, 3.8) is 0 Å². The van der Waals surface area contributed by atoms with Gasteiger partial charge >= 0.3 is 5.97 Å². The number of nitrogens with one attached hydrogen (secondary N) is 1. The topological polar surface area (TPSA) is 52.6 Å². The zero-order valence-corrected chi connectivity index (χ0v) is 11.8. The van der Waals surface area contributed by atoms with Crippen molar-refractivity contribution in [2.24, 2.45) is 0 Å². The van der Waals surface area contributed by atoms with Gasteiger partial charge in [-0.2, -0.15) is 0 Å². The molecule has 0 aromatic rings. The van der Waals surface area contributed by atoms with Crippen LogP contribution in [-0.4, -0.2) is 47.7 Å². The minimum Gasteiger partial charge on any atom is -0.480 e. The number of hydrogen-bond acceptors (Lipinski definition) is 3. The smallest absolute Gasteiger partial charge is 0.320 e. The molecule has 18 heavy (non-hydrogen) atoms. The molecule has 0 aromatic carbocycles. The molecule has 0 aliphatic carbocycles. The molecule has 0 radical (unpaired) electrons. The lowest BCUT2D eigenvalue weighted by Gasteiger charge is -2.22. The number of carboxylic acids is 1. The predicted molar refractivity (Wildman–Crippen MR) is 73.8 cm³/mol.